The lowest BCUT2D eigenvalue weighted by Gasteiger charge is -2.11. The van der Waals surface area contributed by atoms with E-state index < -0.39 is 0 Å². The third-order valence-electron chi connectivity index (χ3n) is 2.20. The highest BCUT2D eigenvalue weighted by molar-refractivity contribution is 5.29. The van der Waals surface area contributed by atoms with Crippen LogP contribution < -0.4 is 10.5 Å². The summed E-state index contributed by atoms with van der Waals surface area (Å²) < 4.78 is 5.35. The van der Waals surface area contributed by atoms with Crippen LogP contribution in [-0.2, 0) is 0 Å². The van der Waals surface area contributed by atoms with Crippen LogP contribution in [0.1, 0.15) is 37.4 Å². The highest BCUT2D eigenvalue weighted by atomic mass is 16.5. The van der Waals surface area contributed by atoms with Crippen LogP contribution in [0, 0.1) is 6.92 Å². The van der Waals surface area contributed by atoms with Crippen molar-refractivity contribution in [2.45, 2.75) is 33.2 Å². The molecule has 0 aromatic carbocycles. The molecule has 0 aliphatic carbocycles. The first-order chi connectivity index (χ1) is 6.69. The first kappa shape index (κ1) is 11.0. The van der Waals surface area contributed by atoms with E-state index in [9.17, 15) is 0 Å². The maximum absolute atomic E-state index is 5.91. The molecular formula is C11H18N2O. The van der Waals surface area contributed by atoms with E-state index in [4.69, 9.17) is 10.5 Å². The molecule has 1 heterocycles. The Labute approximate surface area is 85.3 Å². The van der Waals surface area contributed by atoms with Crippen LogP contribution in [0.4, 0.5) is 0 Å². The Bertz CT molecular complexity index is 299. The van der Waals surface area contributed by atoms with Crippen molar-refractivity contribution in [2.75, 3.05) is 6.61 Å². The van der Waals surface area contributed by atoms with Gasteiger partial charge in [0.15, 0.2) is 0 Å². The van der Waals surface area contributed by atoms with Gasteiger partial charge in [0.1, 0.15) is 0 Å². The number of hydrogen-bond donors (Lipinski definition) is 1. The SMILES string of the molecule is CCOc1ncc([C@@H](N)CC)cc1C. The molecule has 0 radical (unpaired) electrons. The van der Waals surface area contributed by atoms with Crippen molar-refractivity contribution in [1.82, 2.24) is 4.98 Å². The second-order valence-electron chi connectivity index (χ2n) is 3.34. The zero-order chi connectivity index (χ0) is 10.6. The molecule has 0 spiro atoms. The summed E-state index contributed by atoms with van der Waals surface area (Å²) >= 11 is 0. The van der Waals surface area contributed by atoms with Gasteiger partial charge in [-0.3, -0.25) is 0 Å². The maximum Gasteiger partial charge on any atom is 0.216 e. The molecule has 0 fully saturated rings. The minimum absolute atomic E-state index is 0.0804. The lowest BCUT2D eigenvalue weighted by atomic mass is 10.1. The van der Waals surface area contributed by atoms with Crippen molar-refractivity contribution in [3.63, 3.8) is 0 Å². The molecular weight excluding hydrogens is 176 g/mol. The summed E-state index contributed by atoms with van der Waals surface area (Å²) in [5.74, 6) is 0.708. The molecule has 1 aromatic rings. The third-order valence-corrected chi connectivity index (χ3v) is 2.20. The molecule has 3 nitrogen and oxygen atoms in total. The fourth-order valence-corrected chi connectivity index (χ4v) is 1.31. The first-order valence-electron chi connectivity index (χ1n) is 5.04. The summed E-state index contributed by atoms with van der Waals surface area (Å²) in [7, 11) is 0. The average molecular weight is 194 g/mol. The zero-order valence-electron chi connectivity index (χ0n) is 9.08. The van der Waals surface area contributed by atoms with E-state index in [-0.39, 0.29) is 6.04 Å². The van der Waals surface area contributed by atoms with Crippen LogP contribution >= 0.6 is 0 Å². The molecule has 0 aliphatic rings. The molecule has 0 aliphatic heterocycles. The van der Waals surface area contributed by atoms with Crippen molar-refractivity contribution in [2.24, 2.45) is 5.73 Å². The number of aryl methyl sites for hydroxylation is 1. The van der Waals surface area contributed by atoms with Gasteiger partial charge in [-0.15, -0.1) is 0 Å². The quantitative estimate of drug-likeness (QED) is 0.799. The normalized spacial score (nSPS) is 12.6. The fraction of sp³-hybridized carbons (Fsp3) is 0.545. The van der Waals surface area contributed by atoms with Gasteiger partial charge in [0.2, 0.25) is 5.88 Å². The molecule has 0 bridgehead atoms. The van der Waals surface area contributed by atoms with Crippen LogP contribution in [0.3, 0.4) is 0 Å². The third kappa shape index (κ3) is 2.45. The van der Waals surface area contributed by atoms with Gasteiger partial charge in [-0.25, -0.2) is 4.98 Å². The summed E-state index contributed by atoms with van der Waals surface area (Å²) in [5, 5.41) is 0. The van der Waals surface area contributed by atoms with Crippen molar-refractivity contribution >= 4 is 0 Å². The topological polar surface area (TPSA) is 48.1 Å². The Hall–Kier alpha value is -1.09. The second-order valence-corrected chi connectivity index (χ2v) is 3.34. The van der Waals surface area contributed by atoms with Gasteiger partial charge < -0.3 is 10.5 Å². The van der Waals surface area contributed by atoms with Gasteiger partial charge in [0.05, 0.1) is 6.61 Å². The van der Waals surface area contributed by atoms with Gasteiger partial charge in [-0.05, 0) is 31.9 Å². The van der Waals surface area contributed by atoms with Crippen molar-refractivity contribution in [3.05, 3.63) is 23.4 Å². The number of ether oxygens (including phenoxy) is 1. The van der Waals surface area contributed by atoms with E-state index >= 15 is 0 Å². The molecule has 3 heteroatoms. The number of nitrogens with two attached hydrogens (primary N) is 1. The lowest BCUT2D eigenvalue weighted by Crippen LogP contribution is -2.09. The standard InChI is InChI=1S/C11H18N2O/c1-4-10(12)9-6-8(3)11(13-7-9)14-5-2/h6-7,10H,4-5,12H2,1-3H3/t10-/m0/s1. The van der Waals surface area contributed by atoms with E-state index in [0.29, 0.717) is 12.5 Å². The van der Waals surface area contributed by atoms with Crippen LogP contribution in [0.5, 0.6) is 5.88 Å². The molecule has 1 aromatic heterocycles. The van der Waals surface area contributed by atoms with Crippen molar-refractivity contribution in [1.29, 1.82) is 0 Å². The number of hydrogen-bond acceptors (Lipinski definition) is 3. The molecule has 14 heavy (non-hydrogen) atoms. The van der Waals surface area contributed by atoms with E-state index in [2.05, 4.69) is 11.9 Å². The number of rotatable bonds is 4. The monoisotopic (exact) mass is 194 g/mol. The Morgan fingerprint density at radius 2 is 2.21 bits per heavy atom. The molecule has 0 saturated heterocycles. The molecule has 1 rings (SSSR count). The van der Waals surface area contributed by atoms with Gasteiger partial charge in [-0.2, -0.15) is 0 Å². The largest absolute Gasteiger partial charge is 0.478 e. The van der Waals surface area contributed by atoms with Crippen LogP contribution in [-0.4, -0.2) is 11.6 Å². The Morgan fingerprint density at radius 1 is 1.50 bits per heavy atom. The smallest absolute Gasteiger partial charge is 0.216 e. The first-order valence-corrected chi connectivity index (χ1v) is 5.04. The van der Waals surface area contributed by atoms with E-state index in [0.717, 1.165) is 17.5 Å². The van der Waals surface area contributed by atoms with E-state index in [1.807, 2.05) is 19.9 Å². The predicted molar refractivity (Wildman–Crippen MR) is 57.4 cm³/mol. The van der Waals surface area contributed by atoms with Crippen LogP contribution in [0.2, 0.25) is 0 Å². The molecule has 2 N–H and O–H groups in total. The number of aromatic nitrogens is 1. The van der Waals surface area contributed by atoms with Crippen molar-refractivity contribution in [3.8, 4) is 5.88 Å². The summed E-state index contributed by atoms with van der Waals surface area (Å²) in [4.78, 5) is 4.23. The summed E-state index contributed by atoms with van der Waals surface area (Å²) in [5.41, 5.74) is 8.03. The van der Waals surface area contributed by atoms with Gasteiger partial charge in [-0.1, -0.05) is 6.92 Å². The van der Waals surface area contributed by atoms with Crippen LogP contribution in [0.15, 0.2) is 12.3 Å². The maximum atomic E-state index is 5.91. The molecule has 0 amide bonds. The zero-order valence-corrected chi connectivity index (χ0v) is 9.08. The fourth-order valence-electron chi connectivity index (χ4n) is 1.31. The Kier molecular flexibility index (Phi) is 3.89. The predicted octanol–water partition coefficient (Wildman–Crippen LogP) is 2.20. The highest BCUT2D eigenvalue weighted by Gasteiger charge is 2.07. The Balaban J connectivity index is 2.88. The van der Waals surface area contributed by atoms with Gasteiger partial charge in [0.25, 0.3) is 0 Å². The van der Waals surface area contributed by atoms with Gasteiger partial charge in [0, 0.05) is 17.8 Å². The number of nitrogens with zero attached hydrogens (tertiary/aromatic N) is 1. The molecule has 78 valence electrons. The molecule has 1 atom stereocenters. The summed E-state index contributed by atoms with van der Waals surface area (Å²) in [6.45, 7) is 6.65. The Morgan fingerprint density at radius 3 is 2.71 bits per heavy atom. The minimum atomic E-state index is 0.0804. The van der Waals surface area contributed by atoms with E-state index in [1.54, 1.807) is 6.20 Å². The van der Waals surface area contributed by atoms with Gasteiger partial charge >= 0.3 is 0 Å². The summed E-state index contributed by atoms with van der Waals surface area (Å²) in [6.07, 6.45) is 2.72. The number of pyridine rings is 1. The lowest BCUT2D eigenvalue weighted by molar-refractivity contribution is 0.324. The second kappa shape index (κ2) is 4.96. The molecule has 0 unspecified atom stereocenters. The van der Waals surface area contributed by atoms with Crippen LogP contribution in [0.25, 0.3) is 0 Å². The van der Waals surface area contributed by atoms with Crippen molar-refractivity contribution < 1.29 is 4.74 Å². The highest BCUT2D eigenvalue weighted by Crippen LogP contribution is 2.19. The molecule has 0 saturated carbocycles. The minimum Gasteiger partial charge on any atom is -0.478 e. The average Bonchev–Trinajstić information content (AvgIpc) is 2.20. The summed E-state index contributed by atoms with van der Waals surface area (Å²) in [6, 6.07) is 2.13. The van der Waals surface area contributed by atoms with E-state index in [1.165, 1.54) is 0 Å².